The van der Waals surface area contributed by atoms with E-state index in [4.69, 9.17) is 17.3 Å². The van der Waals surface area contributed by atoms with Crippen molar-refractivity contribution < 1.29 is 41.0 Å². The normalized spacial score (nSPS) is 15.3. The number of carboxylic acid groups (broad SMARTS) is 1. The minimum absolute atomic E-state index is 0.0687. The van der Waals surface area contributed by atoms with Crippen LogP contribution in [0.4, 0.5) is 26.3 Å². The number of carboxylic acids is 1. The predicted octanol–water partition coefficient (Wildman–Crippen LogP) is 7.53. The highest BCUT2D eigenvalue weighted by Gasteiger charge is 2.37. The van der Waals surface area contributed by atoms with E-state index in [2.05, 4.69) is 0 Å². The van der Waals surface area contributed by atoms with Crippen molar-refractivity contribution in [2.45, 2.75) is 18.8 Å². The second kappa shape index (κ2) is 10.9. The maximum absolute atomic E-state index is 13.3. The average Bonchev–Trinajstić information content (AvgIpc) is 3.13. The van der Waals surface area contributed by atoms with Crippen LogP contribution in [0, 0.1) is 0 Å². The van der Waals surface area contributed by atoms with Gasteiger partial charge < -0.3 is 5.11 Å². The van der Waals surface area contributed by atoms with Gasteiger partial charge in [0.05, 0.1) is 21.6 Å². The molecule has 1 aliphatic heterocycles. The number of thioether (sulfide) groups is 1. The monoisotopic (exact) mass is 581 g/mol. The van der Waals surface area contributed by atoms with E-state index in [1.54, 1.807) is 18.2 Å². The lowest BCUT2D eigenvalue weighted by molar-refractivity contribution is -0.143. The van der Waals surface area contributed by atoms with Crippen LogP contribution in [0.2, 0.25) is 0 Å². The Morgan fingerprint density at radius 3 is 2.08 bits per heavy atom. The number of rotatable bonds is 6. The lowest BCUT2D eigenvalue weighted by Gasteiger charge is -2.15. The van der Waals surface area contributed by atoms with E-state index in [1.807, 2.05) is 0 Å². The highest BCUT2D eigenvalue weighted by atomic mass is 32.2. The standard InChI is InChI=1S/C27H17F6NO3S2/c28-26(29,30)20-12-19(13-21(14-20)27(31,32)33)18-3-1-2-16(10-18)11-22-23(35)34(25(38)39-22)9-8-15-4-6-17(7-5-15)24(36)37/h1-7,10-14H,8-9H2,(H,36,37)/b22-11-. The van der Waals surface area contributed by atoms with Crippen molar-refractivity contribution >= 4 is 46.3 Å². The van der Waals surface area contributed by atoms with Gasteiger partial charge in [-0.25, -0.2) is 4.79 Å². The summed E-state index contributed by atoms with van der Waals surface area (Å²) in [4.78, 5) is 25.6. The molecule has 0 aliphatic carbocycles. The van der Waals surface area contributed by atoms with Crippen molar-refractivity contribution in [3.05, 3.63) is 99.5 Å². The molecule has 3 aromatic carbocycles. The summed E-state index contributed by atoms with van der Waals surface area (Å²) >= 11 is 6.34. The molecule has 1 amide bonds. The topological polar surface area (TPSA) is 57.6 Å². The van der Waals surface area contributed by atoms with Gasteiger partial charge >= 0.3 is 18.3 Å². The van der Waals surface area contributed by atoms with E-state index in [9.17, 15) is 35.9 Å². The highest BCUT2D eigenvalue weighted by Crippen LogP contribution is 2.39. The summed E-state index contributed by atoms with van der Waals surface area (Å²) in [5.41, 5.74) is -1.68. The Bertz CT molecular complexity index is 1450. The molecule has 1 aliphatic rings. The zero-order valence-electron chi connectivity index (χ0n) is 19.6. The zero-order chi connectivity index (χ0) is 28.5. The van der Waals surface area contributed by atoms with Crippen LogP contribution in [-0.2, 0) is 23.6 Å². The molecule has 0 bridgehead atoms. The molecule has 4 nitrogen and oxygen atoms in total. The molecule has 0 saturated carbocycles. The quantitative estimate of drug-likeness (QED) is 0.185. The van der Waals surface area contributed by atoms with Crippen LogP contribution >= 0.6 is 24.0 Å². The molecule has 1 N–H and O–H groups in total. The molecule has 202 valence electrons. The Morgan fingerprint density at radius 1 is 0.897 bits per heavy atom. The van der Waals surface area contributed by atoms with E-state index in [0.717, 1.165) is 17.3 Å². The van der Waals surface area contributed by atoms with Gasteiger partial charge in [-0.15, -0.1) is 0 Å². The third-order valence-electron chi connectivity index (χ3n) is 5.80. The van der Waals surface area contributed by atoms with Crippen LogP contribution in [0.15, 0.2) is 71.6 Å². The van der Waals surface area contributed by atoms with E-state index in [0.29, 0.717) is 24.1 Å². The van der Waals surface area contributed by atoms with Crippen molar-refractivity contribution in [1.82, 2.24) is 4.90 Å². The molecule has 12 heteroatoms. The molecule has 3 aromatic rings. The number of alkyl halides is 6. The van der Waals surface area contributed by atoms with Crippen LogP contribution in [0.5, 0.6) is 0 Å². The van der Waals surface area contributed by atoms with Crippen LogP contribution < -0.4 is 0 Å². The minimum atomic E-state index is -4.97. The maximum Gasteiger partial charge on any atom is 0.416 e. The van der Waals surface area contributed by atoms with Crippen molar-refractivity contribution in [2.24, 2.45) is 0 Å². The first kappa shape index (κ1) is 28.4. The molecule has 4 rings (SSSR count). The van der Waals surface area contributed by atoms with Crippen molar-refractivity contribution in [3.63, 3.8) is 0 Å². The second-order valence-electron chi connectivity index (χ2n) is 8.51. The van der Waals surface area contributed by atoms with E-state index in [1.165, 1.54) is 41.3 Å². The number of carbonyl (C=O) groups is 2. The fourth-order valence-corrected chi connectivity index (χ4v) is 5.14. The first-order valence-corrected chi connectivity index (χ1v) is 12.4. The van der Waals surface area contributed by atoms with E-state index in [-0.39, 0.29) is 38.5 Å². The molecule has 0 atom stereocenters. The average molecular weight is 582 g/mol. The summed E-state index contributed by atoms with van der Waals surface area (Å²) in [6, 6.07) is 13.4. The van der Waals surface area contributed by atoms with Gasteiger partial charge in [0.2, 0.25) is 0 Å². The number of thiocarbonyl (C=S) groups is 1. The number of aromatic carboxylic acids is 1. The Labute approximate surface area is 227 Å². The van der Waals surface area contributed by atoms with Gasteiger partial charge in [-0.1, -0.05) is 54.3 Å². The van der Waals surface area contributed by atoms with Gasteiger partial charge in [-0.2, -0.15) is 26.3 Å². The third-order valence-corrected chi connectivity index (χ3v) is 7.18. The van der Waals surface area contributed by atoms with Gasteiger partial charge in [0.15, 0.2) is 0 Å². The highest BCUT2D eigenvalue weighted by molar-refractivity contribution is 8.26. The summed E-state index contributed by atoms with van der Waals surface area (Å²) in [6.45, 7) is 0.235. The van der Waals surface area contributed by atoms with Crippen molar-refractivity contribution in [1.29, 1.82) is 0 Å². The lowest BCUT2D eigenvalue weighted by Crippen LogP contribution is -2.30. The SMILES string of the molecule is O=C(O)c1ccc(CCN2C(=O)/C(=C/c3cccc(-c4cc(C(F)(F)F)cc(C(F)(F)F)c4)c3)SC2=S)cc1. The number of benzene rings is 3. The van der Waals surface area contributed by atoms with Gasteiger partial charge in [0.25, 0.3) is 5.91 Å². The van der Waals surface area contributed by atoms with E-state index >= 15 is 0 Å². The number of hydrogen-bond acceptors (Lipinski definition) is 4. The lowest BCUT2D eigenvalue weighted by atomic mass is 9.97. The van der Waals surface area contributed by atoms with Crippen LogP contribution in [-0.4, -0.2) is 32.7 Å². The summed E-state index contributed by atoms with van der Waals surface area (Å²) in [6.07, 6.45) is -8.06. The van der Waals surface area contributed by atoms with Crippen molar-refractivity contribution in [2.75, 3.05) is 6.54 Å². The Balaban J connectivity index is 1.56. The van der Waals surface area contributed by atoms with Gasteiger partial charge in [-0.3, -0.25) is 9.69 Å². The first-order chi connectivity index (χ1) is 18.2. The molecule has 1 fully saturated rings. The molecule has 39 heavy (non-hydrogen) atoms. The Kier molecular flexibility index (Phi) is 7.89. The van der Waals surface area contributed by atoms with Gasteiger partial charge in [0.1, 0.15) is 4.32 Å². The first-order valence-electron chi connectivity index (χ1n) is 11.2. The number of carbonyl (C=O) groups excluding carboxylic acids is 1. The fourth-order valence-electron chi connectivity index (χ4n) is 3.83. The molecule has 0 radical (unpaired) electrons. The number of amides is 1. The van der Waals surface area contributed by atoms with Crippen molar-refractivity contribution in [3.8, 4) is 11.1 Å². The smallest absolute Gasteiger partial charge is 0.416 e. The van der Waals surface area contributed by atoms with Gasteiger partial charge in [0, 0.05) is 6.54 Å². The summed E-state index contributed by atoms with van der Waals surface area (Å²) < 4.78 is 80.0. The largest absolute Gasteiger partial charge is 0.478 e. The molecule has 1 saturated heterocycles. The molecule has 0 unspecified atom stereocenters. The zero-order valence-corrected chi connectivity index (χ0v) is 21.3. The molecule has 0 spiro atoms. The van der Waals surface area contributed by atoms with Crippen LogP contribution in [0.1, 0.15) is 32.6 Å². The van der Waals surface area contributed by atoms with Crippen LogP contribution in [0.25, 0.3) is 17.2 Å². The molecular formula is C27H17F6NO3S2. The molecule has 1 heterocycles. The number of halogens is 6. The number of nitrogens with zero attached hydrogens (tertiary/aromatic N) is 1. The minimum Gasteiger partial charge on any atom is -0.478 e. The summed E-state index contributed by atoms with van der Waals surface area (Å²) in [5.74, 6) is -1.45. The second-order valence-corrected chi connectivity index (χ2v) is 10.2. The summed E-state index contributed by atoms with van der Waals surface area (Å²) in [5, 5.41) is 9.00. The Morgan fingerprint density at radius 2 is 1.51 bits per heavy atom. The maximum atomic E-state index is 13.3. The Hall–Kier alpha value is -3.64. The van der Waals surface area contributed by atoms with Crippen LogP contribution in [0.3, 0.4) is 0 Å². The predicted molar refractivity (Wildman–Crippen MR) is 139 cm³/mol. The summed E-state index contributed by atoms with van der Waals surface area (Å²) in [7, 11) is 0. The fraction of sp³-hybridized carbons (Fsp3) is 0.148. The third kappa shape index (κ3) is 6.69. The molecule has 0 aromatic heterocycles. The van der Waals surface area contributed by atoms with Gasteiger partial charge in [-0.05, 0) is 71.1 Å². The van der Waals surface area contributed by atoms with E-state index < -0.39 is 35.4 Å². The molecular weight excluding hydrogens is 564 g/mol. The number of hydrogen-bond donors (Lipinski definition) is 1.